The minimum atomic E-state index is -0.507. The lowest BCUT2D eigenvalue weighted by atomic mass is 9.71. The van der Waals surface area contributed by atoms with Crippen LogP contribution in [-0.4, -0.2) is 41.5 Å². The Morgan fingerprint density at radius 1 is 1.15 bits per heavy atom. The minimum absolute atomic E-state index is 0.202. The van der Waals surface area contributed by atoms with Crippen molar-refractivity contribution in [1.29, 1.82) is 0 Å². The molecule has 6 heteroatoms. The Hall–Kier alpha value is -1.59. The van der Waals surface area contributed by atoms with Crippen molar-refractivity contribution in [1.82, 2.24) is 10.2 Å². The molecule has 2 saturated heterocycles. The number of nitrogens with one attached hydrogen (secondary N) is 1. The Labute approximate surface area is 118 Å². The van der Waals surface area contributed by atoms with Gasteiger partial charge in [0.1, 0.15) is 5.60 Å². The molecule has 2 fully saturated rings. The lowest BCUT2D eigenvalue weighted by molar-refractivity contribution is -0.139. The smallest absolute Gasteiger partial charge is 0.410 e. The third-order valence-corrected chi connectivity index (χ3v) is 3.83. The van der Waals surface area contributed by atoms with E-state index in [1.807, 2.05) is 20.8 Å². The lowest BCUT2D eigenvalue weighted by Crippen LogP contribution is -2.51. The zero-order valence-electron chi connectivity index (χ0n) is 12.3. The van der Waals surface area contributed by atoms with Crippen LogP contribution in [0.4, 0.5) is 4.79 Å². The number of ether oxygens (including phenoxy) is 1. The van der Waals surface area contributed by atoms with E-state index in [0.29, 0.717) is 38.8 Å². The van der Waals surface area contributed by atoms with E-state index in [1.165, 1.54) is 0 Å². The number of piperidine rings is 2. The monoisotopic (exact) mass is 282 g/mol. The highest BCUT2D eigenvalue weighted by atomic mass is 16.6. The molecule has 6 nitrogen and oxygen atoms in total. The van der Waals surface area contributed by atoms with Crippen LogP contribution in [-0.2, 0) is 14.3 Å². The summed E-state index contributed by atoms with van der Waals surface area (Å²) in [6.45, 7) is 6.58. The quantitative estimate of drug-likeness (QED) is 0.682. The average molecular weight is 282 g/mol. The normalized spacial score (nSPS) is 22.6. The first-order valence-electron chi connectivity index (χ1n) is 7.00. The van der Waals surface area contributed by atoms with Gasteiger partial charge < -0.3 is 9.64 Å². The molecule has 2 aliphatic rings. The molecular formula is C14H22N2O4. The maximum atomic E-state index is 12.0. The van der Waals surface area contributed by atoms with Crippen LogP contribution in [0.25, 0.3) is 0 Å². The molecule has 2 rings (SSSR count). The van der Waals surface area contributed by atoms with Gasteiger partial charge in [0.2, 0.25) is 11.8 Å². The van der Waals surface area contributed by atoms with Crippen molar-refractivity contribution < 1.29 is 19.1 Å². The first-order chi connectivity index (χ1) is 9.19. The van der Waals surface area contributed by atoms with Gasteiger partial charge in [0, 0.05) is 25.9 Å². The minimum Gasteiger partial charge on any atom is -0.444 e. The van der Waals surface area contributed by atoms with Crippen molar-refractivity contribution in [3.05, 3.63) is 0 Å². The van der Waals surface area contributed by atoms with Gasteiger partial charge in [-0.25, -0.2) is 4.79 Å². The van der Waals surface area contributed by atoms with Crippen molar-refractivity contribution in [3.8, 4) is 0 Å². The zero-order chi connectivity index (χ0) is 15.0. The Bertz CT molecular complexity index is 413. The molecule has 0 atom stereocenters. The number of amides is 3. The summed E-state index contributed by atoms with van der Waals surface area (Å²) in [7, 11) is 0. The van der Waals surface area contributed by atoms with E-state index in [-0.39, 0.29) is 23.3 Å². The molecule has 1 spiro atoms. The van der Waals surface area contributed by atoms with Gasteiger partial charge in [-0.15, -0.1) is 0 Å². The predicted molar refractivity (Wildman–Crippen MR) is 71.9 cm³/mol. The molecule has 0 radical (unpaired) electrons. The summed E-state index contributed by atoms with van der Waals surface area (Å²) in [6, 6.07) is 0. The fraction of sp³-hybridized carbons (Fsp3) is 0.786. The van der Waals surface area contributed by atoms with Crippen molar-refractivity contribution in [2.45, 2.75) is 52.1 Å². The second-order valence-corrected chi connectivity index (χ2v) is 6.79. The second kappa shape index (κ2) is 5.07. The molecule has 2 heterocycles. The van der Waals surface area contributed by atoms with Gasteiger partial charge in [-0.05, 0) is 39.0 Å². The highest BCUT2D eigenvalue weighted by Gasteiger charge is 2.43. The number of hydrogen-bond donors (Lipinski definition) is 1. The van der Waals surface area contributed by atoms with E-state index >= 15 is 0 Å². The van der Waals surface area contributed by atoms with Crippen LogP contribution >= 0.6 is 0 Å². The summed E-state index contributed by atoms with van der Waals surface area (Å²) in [6.07, 6.45) is 1.78. The fourth-order valence-corrected chi connectivity index (χ4v) is 2.83. The number of hydrogen-bond acceptors (Lipinski definition) is 4. The van der Waals surface area contributed by atoms with Crippen LogP contribution in [0, 0.1) is 5.41 Å². The van der Waals surface area contributed by atoms with Crippen LogP contribution in [0.2, 0.25) is 0 Å². The van der Waals surface area contributed by atoms with Crippen LogP contribution in [0.15, 0.2) is 0 Å². The Morgan fingerprint density at radius 3 is 2.10 bits per heavy atom. The van der Waals surface area contributed by atoms with E-state index in [4.69, 9.17) is 4.74 Å². The predicted octanol–water partition coefficient (Wildman–Crippen LogP) is 1.44. The first-order valence-corrected chi connectivity index (χ1v) is 7.00. The molecule has 2 aliphatic heterocycles. The number of rotatable bonds is 0. The van der Waals surface area contributed by atoms with Gasteiger partial charge in [-0.2, -0.15) is 0 Å². The lowest BCUT2D eigenvalue weighted by Gasteiger charge is -2.43. The molecule has 3 amide bonds. The summed E-state index contributed by atoms with van der Waals surface area (Å²) in [4.78, 5) is 36.7. The number of carbonyl (C=O) groups is 3. The average Bonchev–Trinajstić information content (AvgIpc) is 2.25. The standard InChI is InChI=1S/C14H22N2O4/c1-13(2,3)20-12(19)16-6-4-14(5-7-16)8-10(17)15-11(18)9-14/h4-9H2,1-3H3,(H,15,17,18). The van der Waals surface area contributed by atoms with Gasteiger partial charge in [0.25, 0.3) is 0 Å². The van der Waals surface area contributed by atoms with Gasteiger partial charge in [-0.1, -0.05) is 0 Å². The summed E-state index contributed by atoms with van der Waals surface area (Å²) in [5.74, 6) is -0.404. The third kappa shape index (κ3) is 3.49. The number of likely N-dealkylation sites (tertiary alicyclic amines) is 1. The topological polar surface area (TPSA) is 75.7 Å². The number of imide groups is 1. The molecule has 0 aromatic carbocycles. The van der Waals surface area contributed by atoms with Crippen LogP contribution in [0.1, 0.15) is 46.5 Å². The van der Waals surface area contributed by atoms with E-state index in [0.717, 1.165) is 0 Å². The SMILES string of the molecule is CC(C)(C)OC(=O)N1CCC2(CC1)CC(=O)NC(=O)C2. The molecule has 112 valence electrons. The van der Waals surface area contributed by atoms with Crippen molar-refractivity contribution in [3.63, 3.8) is 0 Å². The molecule has 1 N–H and O–H groups in total. The Morgan fingerprint density at radius 2 is 1.65 bits per heavy atom. The molecular weight excluding hydrogens is 260 g/mol. The highest BCUT2D eigenvalue weighted by Crippen LogP contribution is 2.40. The highest BCUT2D eigenvalue weighted by molar-refractivity contribution is 5.98. The van der Waals surface area contributed by atoms with Crippen molar-refractivity contribution in [2.24, 2.45) is 5.41 Å². The van der Waals surface area contributed by atoms with Crippen LogP contribution < -0.4 is 5.32 Å². The van der Waals surface area contributed by atoms with E-state index < -0.39 is 5.60 Å². The fourth-order valence-electron chi connectivity index (χ4n) is 2.83. The summed E-state index contributed by atoms with van der Waals surface area (Å²) in [5.41, 5.74) is -0.773. The van der Waals surface area contributed by atoms with Gasteiger partial charge in [0.05, 0.1) is 0 Å². The maximum absolute atomic E-state index is 12.0. The van der Waals surface area contributed by atoms with Crippen LogP contribution in [0.5, 0.6) is 0 Å². The van der Waals surface area contributed by atoms with Gasteiger partial charge >= 0.3 is 6.09 Å². The van der Waals surface area contributed by atoms with Gasteiger partial charge in [-0.3, -0.25) is 14.9 Å². The molecule has 0 bridgehead atoms. The molecule has 0 aromatic heterocycles. The molecule has 20 heavy (non-hydrogen) atoms. The van der Waals surface area contributed by atoms with E-state index in [1.54, 1.807) is 4.90 Å². The van der Waals surface area contributed by atoms with Crippen molar-refractivity contribution in [2.75, 3.05) is 13.1 Å². The molecule has 0 aliphatic carbocycles. The van der Waals surface area contributed by atoms with Crippen LogP contribution in [0.3, 0.4) is 0 Å². The van der Waals surface area contributed by atoms with E-state index in [9.17, 15) is 14.4 Å². The molecule has 0 unspecified atom stereocenters. The van der Waals surface area contributed by atoms with Crippen molar-refractivity contribution >= 4 is 17.9 Å². The summed E-state index contributed by atoms with van der Waals surface area (Å²) in [5, 5.41) is 2.33. The second-order valence-electron chi connectivity index (χ2n) is 6.79. The van der Waals surface area contributed by atoms with Gasteiger partial charge in [0.15, 0.2) is 0 Å². The first kappa shape index (κ1) is 14.8. The third-order valence-electron chi connectivity index (χ3n) is 3.83. The zero-order valence-corrected chi connectivity index (χ0v) is 12.3. The summed E-state index contributed by atoms with van der Waals surface area (Å²) < 4.78 is 5.34. The number of carbonyl (C=O) groups excluding carboxylic acids is 3. The van der Waals surface area contributed by atoms with E-state index in [2.05, 4.69) is 5.32 Å². The maximum Gasteiger partial charge on any atom is 0.410 e. The number of nitrogens with zero attached hydrogens (tertiary/aromatic N) is 1. The Balaban J connectivity index is 1.93. The largest absolute Gasteiger partial charge is 0.444 e. The Kier molecular flexibility index (Phi) is 3.75. The molecule has 0 aromatic rings. The molecule has 0 saturated carbocycles. The summed E-state index contributed by atoms with van der Waals surface area (Å²) >= 11 is 0.